The van der Waals surface area contributed by atoms with Crippen molar-refractivity contribution in [2.45, 2.75) is 0 Å². The number of hydrogen-bond acceptors (Lipinski definition) is 5. The standard InChI is InChI=1S/C6H6N4O3S/c7-6(11)9-8-2-4-1-5(10(12)13)14-3-4/h1-3H,(H3,7,9,11). The van der Waals surface area contributed by atoms with E-state index in [-0.39, 0.29) is 5.00 Å². The lowest BCUT2D eigenvalue weighted by atomic mass is 10.4. The maximum absolute atomic E-state index is 10.3. The predicted octanol–water partition coefficient (Wildman–Crippen LogP) is 0.658. The van der Waals surface area contributed by atoms with Gasteiger partial charge in [-0.05, 0) is 0 Å². The molecule has 1 heterocycles. The summed E-state index contributed by atoms with van der Waals surface area (Å²) < 4.78 is 0. The third kappa shape index (κ3) is 2.83. The fraction of sp³-hybridized carbons (Fsp3) is 0. The van der Waals surface area contributed by atoms with E-state index in [1.54, 1.807) is 5.38 Å². The van der Waals surface area contributed by atoms with Gasteiger partial charge in [-0.2, -0.15) is 5.10 Å². The first-order valence-electron chi connectivity index (χ1n) is 3.41. The topological polar surface area (TPSA) is 111 Å². The van der Waals surface area contributed by atoms with Gasteiger partial charge in [-0.1, -0.05) is 11.3 Å². The number of nitrogens with zero attached hydrogens (tertiary/aromatic N) is 2. The molecule has 2 amide bonds. The van der Waals surface area contributed by atoms with Crippen LogP contribution >= 0.6 is 11.3 Å². The molecular formula is C6H6N4O3S. The van der Waals surface area contributed by atoms with Gasteiger partial charge in [-0.25, -0.2) is 10.2 Å². The van der Waals surface area contributed by atoms with E-state index in [2.05, 4.69) is 5.10 Å². The van der Waals surface area contributed by atoms with Gasteiger partial charge in [0.2, 0.25) is 0 Å². The van der Waals surface area contributed by atoms with Crippen LogP contribution in [-0.4, -0.2) is 17.2 Å². The molecule has 1 aromatic rings. The van der Waals surface area contributed by atoms with E-state index in [4.69, 9.17) is 5.73 Å². The Kier molecular flexibility index (Phi) is 3.13. The Balaban J connectivity index is 2.64. The van der Waals surface area contributed by atoms with Crippen LogP contribution in [-0.2, 0) is 0 Å². The van der Waals surface area contributed by atoms with Gasteiger partial charge in [0.25, 0.3) is 0 Å². The van der Waals surface area contributed by atoms with E-state index >= 15 is 0 Å². The number of nitro groups is 1. The van der Waals surface area contributed by atoms with Crippen molar-refractivity contribution in [1.29, 1.82) is 0 Å². The summed E-state index contributed by atoms with van der Waals surface area (Å²) >= 11 is 0.982. The minimum absolute atomic E-state index is 0.0190. The van der Waals surface area contributed by atoms with E-state index in [9.17, 15) is 14.9 Å². The Bertz CT molecular complexity index is 386. The summed E-state index contributed by atoms with van der Waals surface area (Å²) in [6.07, 6.45) is 1.27. The molecule has 0 aromatic carbocycles. The normalized spacial score (nSPS) is 10.3. The second kappa shape index (κ2) is 4.33. The van der Waals surface area contributed by atoms with E-state index < -0.39 is 11.0 Å². The van der Waals surface area contributed by atoms with Crippen LogP contribution in [0.1, 0.15) is 5.56 Å². The number of hydrazone groups is 1. The average Bonchev–Trinajstić information content (AvgIpc) is 2.52. The number of hydrogen-bond donors (Lipinski definition) is 2. The molecule has 1 aromatic heterocycles. The lowest BCUT2D eigenvalue weighted by Crippen LogP contribution is -2.24. The number of thiophene rings is 1. The molecule has 14 heavy (non-hydrogen) atoms. The van der Waals surface area contributed by atoms with E-state index in [1.165, 1.54) is 12.3 Å². The molecule has 0 bridgehead atoms. The van der Waals surface area contributed by atoms with Gasteiger partial charge in [0.15, 0.2) is 0 Å². The molecule has 8 heteroatoms. The van der Waals surface area contributed by atoms with E-state index in [1.807, 2.05) is 5.43 Å². The molecule has 0 saturated heterocycles. The number of rotatable bonds is 3. The second-order valence-electron chi connectivity index (χ2n) is 2.21. The summed E-state index contributed by atoms with van der Waals surface area (Å²) in [6, 6.07) is 0.558. The van der Waals surface area contributed by atoms with Gasteiger partial charge in [0.05, 0.1) is 11.1 Å². The van der Waals surface area contributed by atoms with Gasteiger partial charge in [-0.3, -0.25) is 10.1 Å². The molecule has 0 saturated carbocycles. The van der Waals surface area contributed by atoms with Crippen LogP contribution in [0.15, 0.2) is 16.5 Å². The maximum atomic E-state index is 10.3. The summed E-state index contributed by atoms with van der Waals surface area (Å²) in [5.41, 5.74) is 7.25. The van der Waals surface area contributed by atoms with Crippen molar-refractivity contribution in [3.63, 3.8) is 0 Å². The maximum Gasteiger partial charge on any atom is 0.332 e. The van der Waals surface area contributed by atoms with Gasteiger partial charge < -0.3 is 5.73 Å². The number of nitrogens with one attached hydrogen (secondary N) is 1. The molecule has 1 rings (SSSR count). The highest BCUT2D eigenvalue weighted by molar-refractivity contribution is 7.13. The minimum atomic E-state index is -0.786. The zero-order valence-corrected chi connectivity index (χ0v) is 7.65. The Labute approximate surface area is 82.4 Å². The van der Waals surface area contributed by atoms with E-state index in [0.717, 1.165) is 11.3 Å². The van der Waals surface area contributed by atoms with Crippen LogP contribution in [0.3, 0.4) is 0 Å². The molecular weight excluding hydrogens is 208 g/mol. The largest absolute Gasteiger partial charge is 0.350 e. The van der Waals surface area contributed by atoms with Crippen molar-refractivity contribution in [1.82, 2.24) is 5.43 Å². The third-order valence-electron chi connectivity index (χ3n) is 1.17. The van der Waals surface area contributed by atoms with Crippen molar-refractivity contribution in [2.24, 2.45) is 10.8 Å². The number of carbonyl (C=O) groups is 1. The highest BCUT2D eigenvalue weighted by atomic mass is 32.1. The van der Waals surface area contributed by atoms with Crippen LogP contribution in [0, 0.1) is 10.1 Å². The Morgan fingerprint density at radius 3 is 3.00 bits per heavy atom. The van der Waals surface area contributed by atoms with Gasteiger partial charge in [0, 0.05) is 17.0 Å². The summed E-state index contributed by atoms with van der Waals surface area (Å²) in [6.45, 7) is 0. The third-order valence-corrected chi connectivity index (χ3v) is 2.07. The van der Waals surface area contributed by atoms with Crippen LogP contribution in [0.25, 0.3) is 0 Å². The Morgan fingerprint density at radius 2 is 2.50 bits per heavy atom. The molecule has 0 aliphatic heterocycles. The Morgan fingerprint density at radius 1 is 1.79 bits per heavy atom. The molecule has 0 radical (unpaired) electrons. The number of amides is 2. The minimum Gasteiger partial charge on any atom is -0.350 e. The first-order valence-corrected chi connectivity index (χ1v) is 4.29. The van der Waals surface area contributed by atoms with Crippen LogP contribution in [0.2, 0.25) is 0 Å². The molecule has 0 aliphatic rings. The first-order chi connectivity index (χ1) is 6.59. The molecule has 7 nitrogen and oxygen atoms in total. The van der Waals surface area contributed by atoms with Crippen molar-refractivity contribution >= 4 is 28.6 Å². The van der Waals surface area contributed by atoms with Gasteiger partial charge >= 0.3 is 11.0 Å². The van der Waals surface area contributed by atoms with Crippen LogP contribution in [0.4, 0.5) is 9.80 Å². The lowest BCUT2D eigenvalue weighted by Gasteiger charge is -1.87. The molecule has 0 aliphatic carbocycles. The molecule has 0 atom stereocenters. The monoisotopic (exact) mass is 214 g/mol. The quantitative estimate of drug-likeness (QED) is 0.438. The molecule has 74 valence electrons. The fourth-order valence-electron chi connectivity index (χ4n) is 0.673. The Hall–Kier alpha value is -1.96. The summed E-state index contributed by atoms with van der Waals surface area (Å²) in [5.74, 6) is 0. The number of primary amides is 1. The van der Waals surface area contributed by atoms with Crippen molar-refractivity contribution in [2.75, 3.05) is 0 Å². The zero-order valence-electron chi connectivity index (χ0n) is 6.84. The number of carbonyl (C=O) groups excluding carboxylic acids is 1. The molecule has 0 unspecified atom stereocenters. The SMILES string of the molecule is NC(=O)NN=Cc1csc([N+](=O)[O-])c1. The van der Waals surface area contributed by atoms with Gasteiger partial charge in [0.1, 0.15) is 0 Å². The van der Waals surface area contributed by atoms with Crippen molar-refractivity contribution < 1.29 is 9.72 Å². The highest BCUT2D eigenvalue weighted by Crippen LogP contribution is 2.21. The average molecular weight is 214 g/mol. The van der Waals surface area contributed by atoms with Crippen molar-refractivity contribution in [3.05, 3.63) is 27.1 Å². The van der Waals surface area contributed by atoms with Crippen molar-refractivity contribution in [3.8, 4) is 0 Å². The smallest absolute Gasteiger partial charge is 0.332 e. The zero-order chi connectivity index (χ0) is 10.6. The predicted molar refractivity (Wildman–Crippen MR) is 51.3 cm³/mol. The number of nitrogens with two attached hydrogens (primary N) is 1. The lowest BCUT2D eigenvalue weighted by molar-refractivity contribution is -0.380. The summed E-state index contributed by atoms with van der Waals surface area (Å²) in [5, 5.41) is 15.3. The van der Waals surface area contributed by atoms with Crippen LogP contribution < -0.4 is 11.2 Å². The van der Waals surface area contributed by atoms with Gasteiger partial charge in [-0.15, -0.1) is 0 Å². The molecule has 0 spiro atoms. The highest BCUT2D eigenvalue weighted by Gasteiger charge is 2.07. The van der Waals surface area contributed by atoms with E-state index in [0.29, 0.717) is 5.56 Å². The number of urea groups is 1. The first kappa shape index (κ1) is 10.1. The van der Waals surface area contributed by atoms with Crippen LogP contribution in [0.5, 0.6) is 0 Å². The molecule has 0 fully saturated rings. The summed E-state index contributed by atoms with van der Waals surface area (Å²) in [7, 11) is 0. The summed E-state index contributed by atoms with van der Waals surface area (Å²) in [4.78, 5) is 20.0. The second-order valence-corrected chi connectivity index (χ2v) is 3.10. The molecule has 3 N–H and O–H groups in total. The fourth-order valence-corrected chi connectivity index (χ4v) is 1.35.